The third-order valence-electron chi connectivity index (χ3n) is 7.39. The molecule has 0 fully saturated rings. The molecular weight excluding hydrogens is 430 g/mol. The third kappa shape index (κ3) is 6.40. The molecule has 182 valence electrons. The lowest BCUT2D eigenvalue weighted by molar-refractivity contribution is -0.145. The van der Waals surface area contributed by atoms with Crippen LogP contribution in [0, 0.1) is 23.2 Å². The first-order chi connectivity index (χ1) is 16.9. The zero-order valence-corrected chi connectivity index (χ0v) is 21.4. The van der Waals surface area contributed by atoms with Crippen molar-refractivity contribution < 1.29 is 9.53 Å². The van der Waals surface area contributed by atoms with Gasteiger partial charge in [0.1, 0.15) is 0 Å². The van der Waals surface area contributed by atoms with Crippen LogP contribution in [0.15, 0.2) is 84.9 Å². The highest BCUT2D eigenvalue weighted by atomic mass is 16.5. The van der Waals surface area contributed by atoms with Gasteiger partial charge in [-0.15, -0.1) is 0 Å². The number of carbonyl (C=O) groups excluding carboxylic acids is 1. The molecule has 3 rings (SSSR count). The number of methoxy groups -OCH3 is 1. The van der Waals surface area contributed by atoms with Crippen molar-refractivity contribution in [3.63, 3.8) is 0 Å². The van der Waals surface area contributed by atoms with Gasteiger partial charge < -0.3 is 4.74 Å². The van der Waals surface area contributed by atoms with Crippen molar-refractivity contribution in [2.75, 3.05) is 7.11 Å². The summed E-state index contributed by atoms with van der Waals surface area (Å²) in [5.74, 6) is 0.223. The van der Waals surface area contributed by atoms with E-state index in [1.807, 2.05) is 19.1 Å². The number of benzene rings is 3. The van der Waals surface area contributed by atoms with E-state index in [0.29, 0.717) is 17.9 Å². The van der Waals surface area contributed by atoms with Crippen molar-refractivity contribution in [1.82, 2.24) is 0 Å². The largest absolute Gasteiger partial charge is 0.469 e. The van der Waals surface area contributed by atoms with Gasteiger partial charge in [0.15, 0.2) is 0 Å². The van der Waals surface area contributed by atoms with E-state index in [9.17, 15) is 10.1 Å². The van der Waals surface area contributed by atoms with Gasteiger partial charge in [-0.2, -0.15) is 5.26 Å². The van der Waals surface area contributed by atoms with E-state index in [0.717, 1.165) is 24.8 Å². The van der Waals surface area contributed by atoms with Gasteiger partial charge in [0.2, 0.25) is 0 Å². The second-order valence-corrected chi connectivity index (χ2v) is 9.83. The highest BCUT2D eigenvalue weighted by Gasteiger charge is 2.39. The second kappa shape index (κ2) is 12.4. The summed E-state index contributed by atoms with van der Waals surface area (Å²) in [5, 5.41) is 9.32. The smallest absolute Gasteiger partial charge is 0.308 e. The lowest BCUT2D eigenvalue weighted by atomic mass is 9.63. The molecule has 0 aliphatic rings. The Labute approximate surface area is 210 Å². The lowest BCUT2D eigenvalue weighted by Crippen LogP contribution is -2.33. The highest BCUT2D eigenvalue weighted by molar-refractivity contribution is 5.71. The number of carbonyl (C=O) groups is 1. The molecule has 3 nitrogen and oxygen atoms in total. The van der Waals surface area contributed by atoms with Gasteiger partial charge in [0, 0.05) is 5.41 Å². The number of rotatable bonds is 11. The Morgan fingerprint density at radius 1 is 0.886 bits per heavy atom. The molecule has 0 spiro atoms. The molecule has 0 aromatic heterocycles. The minimum atomic E-state index is -0.228. The number of hydrogen-bond acceptors (Lipinski definition) is 3. The summed E-state index contributed by atoms with van der Waals surface area (Å²) in [6.07, 6.45) is 3.65. The molecule has 0 saturated carbocycles. The van der Waals surface area contributed by atoms with Crippen molar-refractivity contribution in [1.29, 1.82) is 5.26 Å². The van der Waals surface area contributed by atoms with Gasteiger partial charge in [-0.25, -0.2) is 0 Å². The van der Waals surface area contributed by atoms with Gasteiger partial charge in [0.25, 0.3) is 0 Å². The van der Waals surface area contributed by atoms with Crippen LogP contribution in [-0.2, 0) is 14.9 Å². The Kier molecular flexibility index (Phi) is 9.26. The maximum atomic E-state index is 12.4. The normalized spacial score (nSPS) is 13.9. The Bertz CT molecular complexity index is 1060. The molecule has 0 radical (unpaired) electrons. The van der Waals surface area contributed by atoms with Crippen molar-refractivity contribution in [3.05, 3.63) is 107 Å². The van der Waals surface area contributed by atoms with Crippen LogP contribution < -0.4 is 0 Å². The summed E-state index contributed by atoms with van der Waals surface area (Å²) < 4.78 is 5.08. The fourth-order valence-electron chi connectivity index (χ4n) is 5.29. The Morgan fingerprint density at radius 3 is 1.89 bits per heavy atom. The molecule has 3 unspecified atom stereocenters. The summed E-state index contributed by atoms with van der Waals surface area (Å²) in [4.78, 5) is 12.4. The number of ether oxygens (including phenoxy) is 1. The molecule has 35 heavy (non-hydrogen) atoms. The van der Waals surface area contributed by atoms with E-state index < -0.39 is 0 Å². The maximum absolute atomic E-state index is 12.4. The molecule has 0 amide bonds. The van der Waals surface area contributed by atoms with Gasteiger partial charge in [-0.1, -0.05) is 100.0 Å². The fourth-order valence-corrected chi connectivity index (χ4v) is 5.29. The van der Waals surface area contributed by atoms with E-state index in [-0.39, 0.29) is 23.2 Å². The molecule has 0 bridgehead atoms. The van der Waals surface area contributed by atoms with Crippen LogP contribution in [0.5, 0.6) is 0 Å². The highest BCUT2D eigenvalue weighted by Crippen LogP contribution is 2.47. The zero-order valence-electron chi connectivity index (χ0n) is 21.4. The standard InChI is InChI=1S/C32H37NO2/c1-5-24(2)21-32(29-12-8-6-9-13-29,30-14-10-7-11-15-30)22-28(20-25(3)31(34)35-4)27-18-16-26(23-33)17-19-27/h6-19,24-25,28H,5,20-22H2,1-4H3. The predicted octanol–water partition coefficient (Wildman–Crippen LogP) is 7.65. The lowest BCUT2D eigenvalue weighted by Gasteiger charge is -2.41. The first kappa shape index (κ1) is 26.2. The average molecular weight is 468 g/mol. The van der Waals surface area contributed by atoms with Crippen LogP contribution in [0.25, 0.3) is 0 Å². The summed E-state index contributed by atoms with van der Waals surface area (Å²) >= 11 is 0. The first-order valence-corrected chi connectivity index (χ1v) is 12.6. The minimum Gasteiger partial charge on any atom is -0.469 e. The van der Waals surface area contributed by atoms with E-state index >= 15 is 0 Å². The second-order valence-electron chi connectivity index (χ2n) is 9.83. The van der Waals surface area contributed by atoms with E-state index in [1.54, 1.807) is 0 Å². The van der Waals surface area contributed by atoms with Gasteiger partial charge in [-0.3, -0.25) is 4.79 Å². The van der Waals surface area contributed by atoms with Crippen molar-refractivity contribution in [2.45, 2.75) is 57.8 Å². The maximum Gasteiger partial charge on any atom is 0.308 e. The molecule has 3 aromatic rings. The molecule has 0 N–H and O–H groups in total. The fraction of sp³-hybridized carbons (Fsp3) is 0.375. The van der Waals surface area contributed by atoms with Gasteiger partial charge in [-0.05, 0) is 59.9 Å². The van der Waals surface area contributed by atoms with E-state index in [4.69, 9.17) is 4.74 Å². The van der Waals surface area contributed by atoms with Crippen LogP contribution >= 0.6 is 0 Å². The third-order valence-corrected chi connectivity index (χ3v) is 7.39. The topological polar surface area (TPSA) is 50.1 Å². The Hall–Kier alpha value is -3.38. The quantitative estimate of drug-likeness (QED) is 0.272. The molecule has 3 heteroatoms. The zero-order chi connectivity index (χ0) is 25.3. The Morgan fingerprint density at radius 2 is 1.43 bits per heavy atom. The Balaban J connectivity index is 2.17. The van der Waals surface area contributed by atoms with Crippen molar-refractivity contribution >= 4 is 5.97 Å². The van der Waals surface area contributed by atoms with Crippen LogP contribution in [0.3, 0.4) is 0 Å². The molecule has 0 aliphatic carbocycles. The number of nitriles is 1. The predicted molar refractivity (Wildman–Crippen MR) is 142 cm³/mol. The summed E-state index contributed by atoms with van der Waals surface area (Å²) in [6, 6.07) is 31.7. The minimum absolute atomic E-state index is 0.112. The van der Waals surface area contributed by atoms with E-state index in [2.05, 4.69) is 92.7 Å². The molecule has 3 atom stereocenters. The summed E-state index contributed by atoms with van der Waals surface area (Å²) in [6.45, 7) is 6.53. The van der Waals surface area contributed by atoms with Gasteiger partial charge in [0.05, 0.1) is 24.7 Å². The van der Waals surface area contributed by atoms with Gasteiger partial charge >= 0.3 is 5.97 Å². The van der Waals surface area contributed by atoms with E-state index in [1.165, 1.54) is 18.2 Å². The first-order valence-electron chi connectivity index (χ1n) is 12.6. The number of hydrogen-bond donors (Lipinski definition) is 0. The molecule has 0 heterocycles. The molecule has 0 aliphatic heterocycles. The number of nitrogens with zero attached hydrogens (tertiary/aromatic N) is 1. The van der Waals surface area contributed by atoms with Crippen LogP contribution in [0.4, 0.5) is 0 Å². The summed E-state index contributed by atoms with van der Waals surface area (Å²) in [7, 11) is 1.46. The van der Waals surface area contributed by atoms with Crippen molar-refractivity contribution in [3.8, 4) is 6.07 Å². The monoisotopic (exact) mass is 467 g/mol. The average Bonchev–Trinajstić information content (AvgIpc) is 2.92. The molecule has 0 saturated heterocycles. The van der Waals surface area contributed by atoms with Crippen LogP contribution in [0.2, 0.25) is 0 Å². The molecular formula is C32H37NO2. The van der Waals surface area contributed by atoms with Crippen molar-refractivity contribution in [2.24, 2.45) is 11.8 Å². The molecule has 3 aromatic carbocycles. The summed E-state index contributed by atoms with van der Waals surface area (Å²) in [5.41, 5.74) is 4.18. The van der Waals surface area contributed by atoms with Crippen LogP contribution in [0.1, 0.15) is 74.6 Å². The SMILES string of the molecule is CCC(C)CC(CC(CC(C)C(=O)OC)c1ccc(C#N)cc1)(c1ccccc1)c1ccccc1. The number of esters is 1. The van der Waals surface area contributed by atoms with Crippen LogP contribution in [-0.4, -0.2) is 13.1 Å².